The Bertz CT molecular complexity index is 1170. The zero-order chi connectivity index (χ0) is 24.5. The zero-order valence-electron chi connectivity index (χ0n) is 19.3. The van der Waals surface area contributed by atoms with Crippen LogP contribution in [-0.4, -0.2) is 56.1 Å². The molecular weight excluding hydrogens is 466 g/mol. The van der Waals surface area contributed by atoms with Crippen molar-refractivity contribution >= 4 is 29.5 Å². The van der Waals surface area contributed by atoms with Crippen molar-refractivity contribution in [2.24, 2.45) is 0 Å². The van der Waals surface area contributed by atoms with Crippen LogP contribution in [0.2, 0.25) is 5.02 Å². The summed E-state index contributed by atoms with van der Waals surface area (Å²) in [6.07, 6.45) is 2.33. The number of halogens is 1. The summed E-state index contributed by atoms with van der Waals surface area (Å²) in [5.41, 5.74) is 1.38. The molecule has 1 fully saturated rings. The molecule has 2 amide bonds. The summed E-state index contributed by atoms with van der Waals surface area (Å²) in [6.45, 7) is 4.65. The average molecular weight is 494 g/mol. The third kappa shape index (κ3) is 7.29. The van der Waals surface area contributed by atoms with Crippen LogP contribution in [0.1, 0.15) is 22.5 Å². The van der Waals surface area contributed by atoms with Crippen molar-refractivity contribution < 1.29 is 18.7 Å². The van der Waals surface area contributed by atoms with Crippen molar-refractivity contribution in [3.05, 3.63) is 88.8 Å². The van der Waals surface area contributed by atoms with E-state index in [1.807, 2.05) is 18.2 Å². The minimum atomic E-state index is -0.378. The minimum Gasteiger partial charge on any atom is -0.457 e. The molecule has 3 aromatic rings. The normalized spacial score (nSPS) is 14.5. The SMILES string of the molecule is O=C(NCCCN1CCOCC1)C(=Cc1ccc(-c2cccc(Cl)c2)o1)NC(=O)c1ccccc1. The van der Waals surface area contributed by atoms with Crippen LogP contribution in [0.3, 0.4) is 0 Å². The molecule has 35 heavy (non-hydrogen) atoms. The van der Waals surface area contributed by atoms with Gasteiger partial charge in [-0.2, -0.15) is 0 Å². The minimum absolute atomic E-state index is 0.109. The van der Waals surface area contributed by atoms with E-state index in [4.69, 9.17) is 20.8 Å². The summed E-state index contributed by atoms with van der Waals surface area (Å²) in [5, 5.41) is 6.24. The first-order valence-corrected chi connectivity index (χ1v) is 12.0. The van der Waals surface area contributed by atoms with Gasteiger partial charge < -0.3 is 19.8 Å². The number of morpholine rings is 1. The van der Waals surface area contributed by atoms with Gasteiger partial charge in [0.1, 0.15) is 17.2 Å². The number of carbonyl (C=O) groups excluding carboxylic acids is 2. The molecule has 182 valence electrons. The summed E-state index contributed by atoms with van der Waals surface area (Å²) in [7, 11) is 0. The predicted molar refractivity (Wildman–Crippen MR) is 136 cm³/mol. The molecular formula is C27H28ClN3O4. The second-order valence-electron chi connectivity index (χ2n) is 8.15. The summed E-state index contributed by atoms with van der Waals surface area (Å²) < 4.78 is 11.3. The number of hydrogen-bond donors (Lipinski definition) is 2. The lowest BCUT2D eigenvalue weighted by molar-refractivity contribution is -0.117. The van der Waals surface area contributed by atoms with Crippen LogP contribution in [0.25, 0.3) is 17.4 Å². The van der Waals surface area contributed by atoms with Gasteiger partial charge in [0.25, 0.3) is 11.8 Å². The number of hydrogen-bond acceptors (Lipinski definition) is 5. The lowest BCUT2D eigenvalue weighted by Gasteiger charge is -2.26. The molecule has 8 heteroatoms. The van der Waals surface area contributed by atoms with Gasteiger partial charge in [0.05, 0.1) is 13.2 Å². The predicted octanol–water partition coefficient (Wildman–Crippen LogP) is 4.21. The maximum atomic E-state index is 13.0. The van der Waals surface area contributed by atoms with Gasteiger partial charge in [-0.05, 0) is 49.4 Å². The van der Waals surface area contributed by atoms with E-state index in [9.17, 15) is 9.59 Å². The fraction of sp³-hybridized carbons (Fsp3) is 0.259. The highest BCUT2D eigenvalue weighted by atomic mass is 35.5. The third-order valence-corrected chi connectivity index (χ3v) is 5.83. The van der Waals surface area contributed by atoms with E-state index >= 15 is 0 Å². The van der Waals surface area contributed by atoms with Crippen LogP contribution in [0.15, 0.2) is 76.8 Å². The molecule has 0 aliphatic carbocycles. The van der Waals surface area contributed by atoms with E-state index in [2.05, 4.69) is 15.5 Å². The van der Waals surface area contributed by atoms with Gasteiger partial charge in [0.2, 0.25) is 0 Å². The molecule has 0 atom stereocenters. The van der Waals surface area contributed by atoms with Crippen molar-refractivity contribution in [1.82, 2.24) is 15.5 Å². The van der Waals surface area contributed by atoms with Crippen molar-refractivity contribution in [3.8, 4) is 11.3 Å². The second kappa shape index (κ2) is 12.4. The number of furan rings is 1. The highest BCUT2D eigenvalue weighted by Crippen LogP contribution is 2.25. The first-order valence-electron chi connectivity index (χ1n) is 11.6. The molecule has 2 aromatic carbocycles. The van der Waals surface area contributed by atoms with E-state index in [1.165, 1.54) is 6.08 Å². The Hall–Kier alpha value is -3.39. The first-order chi connectivity index (χ1) is 17.1. The standard InChI is InChI=1S/C27H28ClN3O4/c28-22-9-4-8-21(18-22)25-11-10-23(35-25)19-24(30-26(32)20-6-2-1-3-7-20)27(33)29-12-5-13-31-14-16-34-17-15-31/h1-4,6-11,18-19H,5,12-17H2,(H,29,33)(H,30,32). The number of benzene rings is 2. The first kappa shape index (κ1) is 24.7. The molecule has 0 radical (unpaired) electrons. The van der Waals surface area contributed by atoms with Crippen molar-refractivity contribution in [2.75, 3.05) is 39.4 Å². The highest BCUT2D eigenvalue weighted by molar-refractivity contribution is 6.30. The number of ether oxygens (including phenoxy) is 1. The van der Waals surface area contributed by atoms with Crippen LogP contribution < -0.4 is 10.6 Å². The largest absolute Gasteiger partial charge is 0.457 e. The summed E-state index contributed by atoms with van der Waals surface area (Å²) in [5.74, 6) is 0.295. The van der Waals surface area contributed by atoms with Crippen molar-refractivity contribution in [2.45, 2.75) is 6.42 Å². The van der Waals surface area contributed by atoms with E-state index < -0.39 is 0 Å². The molecule has 1 aliphatic heterocycles. The zero-order valence-corrected chi connectivity index (χ0v) is 20.1. The van der Waals surface area contributed by atoms with Crippen LogP contribution in [0.5, 0.6) is 0 Å². The Morgan fingerprint density at radius 2 is 1.80 bits per heavy atom. The Balaban J connectivity index is 1.45. The number of nitrogens with one attached hydrogen (secondary N) is 2. The molecule has 1 aliphatic rings. The van der Waals surface area contributed by atoms with E-state index in [0.29, 0.717) is 28.7 Å². The lowest BCUT2D eigenvalue weighted by atomic mass is 10.2. The fourth-order valence-corrected chi connectivity index (χ4v) is 3.93. The van der Waals surface area contributed by atoms with Crippen molar-refractivity contribution in [1.29, 1.82) is 0 Å². The maximum Gasteiger partial charge on any atom is 0.267 e. The van der Waals surface area contributed by atoms with Gasteiger partial charge in [-0.1, -0.05) is 41.9 Å². The van der Waals surface area contributed by atoms with Gasteiger partial charge in [-0.15, -0.1) is 0 Å². The van der Waals surface area contributed by atoms with Gasteiger partial charge in [-0.25, -0.2) is 0 Å². The van der Waals surface area contributed by atoms with Gasteiger partial charge in [0, 0.05) is 41.9 Å². The lowest BCUT2D eigenvalue weighted by Crippen LogP contribution is -2.39. The molecule has 2 N–H and O–H groups in total. The van der Waals surface area contributed by atoms with E-state index in [1.54, 1.807) is 48.5 Å². The maximum absolute atomic E-state index is 13.0. The summed E-state index contributed by atoms with van der Waals surface area (Å²) in [6, 6.07) is 19.6. The fourth-order valence-electron chi connectivity index (χ4n) is 3.74. The second-order valence-corrected chi connectivity index (χ2v) is 8.59. The number of rotatable bonds is 9. The molecule has 0 unspecified atom stereocenters. The van der Waals surface area contributed by atoms with Crippen LogP contribution in [0, 0.1) is 0 Å². The molecule has 0 saturated carbocycles. The van der Waals surface area contributed by atoms with E-state index in [-0.39, 0.29) is 17.5 Å². The van der Waals surface area contributed by atoms with Crippen LogP contribution >= 0.6 is 11.6 Å². The molecule has 0 spiro atoms. The Morgan fingerprint density at radius 1 is 1.00 bits per heavy atom. The number of nitrogens with zero attached hydrogens (tertiary/aromatic N) is 1. The molecule has 1 saturated heterocycles. The van der Waals surface area contributed by atoms with E-state index in [0.717, 1.165) is 44.8 Å². The summed E-state index contributed by atoms with van der Waals surface area (Å²) >= 11 is 6.09. The Morgan fingerprint density at radius 3 is 2.57 bits per heavy atom. The van der Waals surface area contributed by atoms with Crippen LogP contribution in [-0.2, 0) is 9.53 Å². The quantitative estimate of drug-likeness (QED) is 0.344. The highest BCUT2D eigenvalue weighted by Gasteiger charge is 2.16. The van der Waals surface area contributed by atoms with Crippen molar-refractivity contribution in [3.63, 3.8) is 0 Å². The number of amides is 2. The Kier molecular flexibility index (Phi) is 8.73. The Labute approximate surface area is 209 Å². The summed E-state index contributed by atoms with van der Waals surface area (Å²) in [4.78, 5) is 28.1. The van der Waals surface area contributed by atoms with Gasteiger partial charge in [-0.3, -0.25) is 14.5 Å². The third-order valence-electron chi connectivity index (χ3n) is 5.59. The van der Waals surface area contributed by atoms with Crippen LogP contribution in [0.4, 0.5) is 0 Å². The average Bonchev–Trinajstić information content (AvgIpc) is 3.36. The molecule has 1 aromatic heterocycles. The smallest absolute Gasteiger partial charge is 0.267 e. The number of carbonyl (C=O) groups is 2. The molecule has 7 nitrogen and oxygen atoms in total. The van der Waals surface area contributed by atoms with Gasteiger partial charge in [0.15, 0.2) is 0 Å². The van der Waals surface area contributed by atoms with Gasteiger partial charge >= 0.3 is 0 Å². The molecule has 0 bridgehead atoms. The molecule has 4 rings (SSSR count). The monoisotopic (exact) mass is 493 g/mol. The molecule has 2 heterocycles. The topological polar surface area (TPSA) is 83.8 Å².